The number of fused-ring (bicyclic) bond motifs is 2. The molecule has 0 spiro atoms. The number of rotatable bonds is 3. The lowest BCUT2D eigenvalue weighted by Crippen LogP contribution is -2.61. The first-order valence-corrected chi connectivity index (χ1v) is 11.6. The minimum absolute atomic E-state index is 0.209. The van der Waals surface area contributed by atoms with Crippen molar-refractivity contribution >= 4 is 45.1 Å². The topological polar surface area (TPSA) is 36.4 Å². The van der Waals surface area contributed by atoms with Crippen LogP contribution in [0, 0.1) is 17.8 Å². The van der Waals surface area contributed by atoms with Crippen molar-refractivity contribution in [3.63, 3.8) is 0 Å². The van der Waals surface area contributed by atoms with Gasteiger partial charge in [0, 0.05) is 11.1 Å². The van der Waals surface area contributed by atoms with Gasteiger partial charge in [-0.15, -0.1) is 0 Å². The molecule has 3 aromatic rings. The van der Waals surface area contributed by atoms with Crippen LogP contribution in [0.2, 0.25) is 0 Å². The molecule has 7 rings (SSSR count). The third kappa shape index (κ3) is 3.18. The average Bonchev–Trinajstić information content (AvgIpc) is 2.72. The van der Waals surface area contributed by atoms with Crippen molar-refractivity contribution in [1.82, 2.24) is 10.7 Å². The Hall–Kier alpha value is -2.46. The Morgan fingerprint density at radius 2 is 1.40 bits per heavy atom. The van der Waals surface area contributed by atoms with E-state index in [1.807, 2.05) is 6.21 Å². The van der Waals surface area contributed by atoms with Crippen LogP contribution in [0.4, 0.5) is 0 Å². The van der Waals surface area contributed by atoms with E-state index < -0.39 is 0 Å². The summed E-state index contributed by atoms with van der Waals surface area (Å²) in [6, 6.07) is 19.2. The van der Waals surface area contributed by atoms with Gasteiger partial charge in [-0.1, -0.05) is 48.5 Å². The lowest BCUT2D eigenvalue weighted by Gasteiger charge is -2.57. The summed E-state index contributed by atoms with van der Waals surface area (Å²) in [5.41, 5.74) is 4.47. The van der Waals surface area contributed by atoms with Crippen LogP contribution in [0.15, 0.2) is 59.7 Å². The van der Waals surface area contributed by atoms with Crippen LogP contribution in [-0.2, 0) is 0 Å². The van der Waals surface area contributed by atoms with E-state index in [4.69, 9.17) is 12.2 Å². The van der Waals surface area contributed by atoms with Gasteiger partial charge in [0.15, 0.2) is 5.11 Å². The van der Waals surface area contributed by atoms with Crippen LogP contribution in [-0.4, -0.2) is 16.9 Å². The molecule has 3 aromatic carbocycles. The first kappa shape index (κ1) is 18.3. The standard InChI is InChI=1S/C26H27N3S/c30-25(28-26-13-17-9-18(14-26)11-19(10-17)15-26)29-27-16-24-22-7-3-1-5-20(22)12-21-6-2-4-8-23(21)24/h1-8,12,16-19H,9-11,13-15H2,(H2,28,29,30)/b27-16-. The van der Waals surface area contributed by atoms with Gasteiger partial charge in [-0.25, -0.2) is 0 Å². The number of hydrazone groups is 1. The molecule has 3 nitrogen and oxygen atoms in total. The van der Waals surface area contributed by atoms with Crippen LogP contribution in [0.1, 0.15) is 44.1 Å². The number of benzene rings is 3. The van der Waals surface area contributed by atoms with Gasteiger partial charge in [-0.2, -0.15) is 5.10 Å². The molecule has 4 heteroatoms. The molecule has 0 aromatic heterocycles. The molecule has 0 aliphatic heterocycles. The van der Waals surface area contributed by atoms with Gasteiger partial charge in [0.2, 0.25) is 0 Å². The second-order valence-electron chi connectivity index (χ2n) is 9.75. The Labute approximate surface area is 182 Å². The lowest BCUT2D eigenvalue weighted by molar-refractivity contribution is -0.0101. The Balaban J connectivity index is 1.24. The zero-order chi connectivity index (χ0) is 20.1. The summed E-state index contributed by atoms with van der Waals surface area (Å²) < 4.78 is 0. The molecule has 4 aliphatic rings. The normalized spacial score (nSPS) is 29.7. The van der Waals surface area contributed by atoms with Crippen LogP contribution in [0.25, 0.3) is 21.5 Å². The maximum Gasteiger partial charge on any atom is 0.187 e. The van der Waals surface area contributed by atoms with E-state index in [0.717, 1.165) is 23.3 Å². The van der Waals surface area contributed by atoms with E-state index in [2.05, 4.69) is 70.4 Å². The van der Waals surface area contributed by atoms with Gasteiger partial charge >= 0.3 is 0 Å². The predicted octanol–water partition coefficient (Wildman–Crippen LogP) is 5.76. The zero-order valence-electron chi connectivity index (χ0n) is 17.1. The van der Waals surface area contributed by atoms with Crippen molar-refractivity contribution in [2.75, 3.05) is 0 Å². The highest BCUT2D eigenvalue weighted by molar-refractivity contribution is 7.80. The molecule has 4 aliphatic carbocycles. The quantitative estimate of drug-likeness (QED) is 0.248. The number of hydrogen-bond donors (Lipinski definition) is 2. The fourth-order valence-electron chi connectivity index (χ4n) is 6.88. The van der Waals surface area contributed by atoms with E-state index in [1.165, 1.54) is 60.1 Å². The smallest absolute Gasteiger partial charge is 0.187 e. The fraction of sp³-hybridized carbons (Fsp3) is 0.385. The first-order valence-electron chi connectivity index (χ1n) is 11.2. The Bertz CT molecular complexity index is 1080. The van der Waals surface area contributed by atoms with Gasteiger partial charge in [-0.05, 0) is 96.1 Å². The van der Waals surface area contributed by atoms with Crippen molar-refractivity contribution in [3.05, 3.63) is 60.2 Å². The maximum atomic E-state index is 5.66. The van der Waals surface area contributed by atoms with Crippen molar-refractivity contribution in [1.29, 1.82) is 0 Å². The summed E-state index contributed by atoms with van der Waals surface area (Å²) in [6.45, 7) is 0. The van der Waals surface area contributed by atoms with Crippen molar-refractivity contribution in [2.45, 2.75) is 44.1 Å². The molecule has 30 heavy (non-hydrogen) atoms. The Kier molecular flexibility index (Phi) is 4.31. The van der Waals surface area contributed by atoms with Crippen molar-refractivity contribution in [2.24, 2.45) is 22.9 Å². The lowest BCUT2D eigenvalue weighted by atomic mass is 9.53. The summed E-state index contributed by atoms with van der Waals surface area (Å²) in [4.78, 5) is 0. The highest BCUT2D eigenvalue weighted by Crippen LogP contribution is 2.55. The summed E-state index contributed by atoms with van der Waals surface area (Å²) in [5.74, 6) is 2.70. The minimum atomic E-state index is 0.209. The van der Waals surface area contributed by atoms with Gasteiger partial charge in [0.25, 0.3) is 0 Å². The van der Waals surface area contributed by atoms with E-state index in [-0.39, 0.29) is 5.54 Å². The number of nitrogens with one attached hydrogen (secondary N) is 2. The van der Waals surface area contributed by atoms with E-state index in [9.17, 15) is 0 Å². The molecule has 4 fully saturated rings. The monoisotopic (exact) mass is 413 g/mol. The minimum Gasteiger partial charge on any atom is -0.356 e. The zero-order valence-corrected chi connectivity index (χ0v) is 17.9. The second-order valence-corrected chi connectivity index (χ2v) is 10.2. The van der Waals surface area contributed by atoms with Gasteiger partial charge < -0.3 is 5.32 Å². The van der Waals surface area contributed by atoms with Crippen molar-refractivity contribution in [3.8, 4) is 0 Å². The highest BCUT2D eigenvalue weighted by Gasteiger charge is 2.51. The summed E-state index contributed by atoms with van der Waals surface area (Å²) in [7, 11) is 0. The largest absolute Gasteiger partial charge is 0.356 e. The molecule has 0 saturated heterocycles. The summed E-state index contributed by atoms with van der Waals surface area (Å²) in [5, 5.41) is 13.8. The SMILES string of the molecule is S=C(N/N=C\c1c2ccccc2cc2ccccc12)NC12CC3CC(CC(C3)C1)C2. The van der Waals surface area contributed by atoms with Crippen LogP contribution in [0.5, 0.6) is 0 Å². The third-order valence-corrected chi connectivity index (χ3v) is 7.78. The third-order valence-electron chi connectivity index (χ3n) is 7.59. The molecule has 4 bridgehead atoms. The molecular weight excluding hydrogens is 386 g/mol. The summed E-state index contributed by atoms with van der Waals surface area (Å²) >= 11 is 5.66. The molecular formula is C26H27N3S. The van der Waals surface area contributed by atoms with Gasteiger partial charge in [0.1, 0.15) is 0 Å². The predicted molar refractivity (Wildman–Crippen MR) is 129 cm³/mol. The van der Waals surface area contributed by atoms with Gasteiger partial charge in [-0.3, -0.25) is 5.43 Å². The number of nitrogens with zero attached hydrogens (tertiary/aromatic N) is 1. The first-order chi connectivity index (χ1) is 14.7. The number of thiocarbonyl (C=S) groups is 1. The van der Waals surface area contributed by atoms with Crippen LogP contribution >= 0.6 is 12.2 Å². The Morgan fingerprint density at radius 1 is 0.867 bits per heavy atom. The molecule has 0 atom stereocenters. The molecule has 4 saturated carbocycles. The maximum absolute atomic E-state index is 5.66. The summed E-state index contributed by atoms with van der Waals surface area (Å²) in [6.07, 6.45) is 10.1. The van der Waals surface area contributed by atoms with E-state index in [0.29, 0.717) is 5.11 Å². The van der Waals surface area contributed by atoms with Crippen molar-refractivity contribution < 1.29 is 0 Å². The fourth-order valence-corrected chi connectivity index (χ4v) is 7.15. The van der Waals surface area contributed by atoms with E-state index >= 15 is 0 Å². The Morgan fingerprint density at radius 3 is 1.97 bits per heavy atom. The second kappa shape index (κ2) is 7.05. The van der Waals surface area contributed by atoms with E-state index in [1.54, 1.807) is 0 Å². The molecule has 0 unspecified atom stereocenters. The highest BCUT2D eigenvalue weighted by atomic mass is 32.1. The molecule has 0 heterocycles. The van der Waals surface area contributed by atoms with Crippen LogP contribution in [0.3, 0.4) is 0 Å². The number of hydrogen-bond acceptors (Lipinski definition) is 2. The van der Waals surface area contributed by atoms with Gasteiger partial charge in [0.05, 0.1) is 6.21 Å². The molecule has 152 valence electrons. The van der Waals surface area contributed by atoms with Crippen LogP contribution < -0.4 is 10.7 Å². The molecule has 0 radical (unpaired) electrons. The molecule has 0 amide bonds. The average molecular weight is 414 g/mol. The molecule has 2 N–H and O–H groups in total.